The first-order valence-electron chi connectivity index (χ1n) is 7.27. The van der Waals surface area contributed by atoms with Gasteiger partial charge in [0.05, 0.1) is 10.5 Å². The fourth-order valence-electron chi connectivity index (χ4n) is 2.68. The Kier molecular flexibility index (Phi) is 6.04. The van der Waals surface area contributed by atoms with Gasteiger partial charge in [-0.25, -0.2) is 9.59 Å². The van der Waals surface area contributed by atoms with Gasteiger partial charge in [0.1, 0.15) is 24.0 Å². The number of non-ortho nitro benzene ring substituents is 1. The van der Waals surface area contributed by atoms with Gasteiger partial charge in [-0.1, -0.05) is 0 Å². The average Bonchev–Trinajstić information content (AvgIpc) is 2.64. The number of hydrogen-bond donors (Lipinski definition) is 1. The van der Waals surface area contributed by atoms with Crippen LogP contribution >= 0.6 is 24.2 Å². The Bertz CT molecular complexity index is 795. The third kappa shape index (κ3) is 3.45. The lowest BCUT2D eigenvalue weighted by molar-refractivity contribution is -0.384. The zero-order valence-electron chi connectivity index (χ0n) is 13.2. The summed E-state index contributed by atoms with van der Waals surface area (Å²) < 4.78 is 5.18. The highest BCUT2D eigenvalue weighted by atomic mass is 35.5. The minimum absolute atomic E-state index is 0. The van der Waals surface area contributed by atoms with Crippen molar-refractivity contribution in [1.29, 1.82) is 0 Å². The zero-order valence-corrected chi connectivity index (χ0v) is 14.8. The second kappa shape index (κ2) is 7.88. The van der Waals surface area contributed by atoms with E-state index in [0.717, 1.165) is 0 Å². The van der Waals surface area contributed by atoms with Gasteiger partial charge in [-0.15, -0.1) is 24.2 Å². The molecule has 0 saturated carbocycles. The summed E-state index contributed by atoms with van der Waals surface area (Å²) in [6.45, 7) is -0.134. The van der Waals surface area contributed by atoms with E-state index in [1.165, 1.54) is 40.9 Å². The Labute approximate surface area is 158 Å². The minimum Gasteiger partial charge on any atom is -0.459 e. The van der Waals surface area contributed by atoms with Crippen molar-refractivity contribution in [3.63, 3.8) is 0 Å². The van der Waals surface area contributed by atoms with Crippen LogP contribution in [0.4, 0.5) is 5.69 Å². The molecule has 2 unspecified atom stereocenters. The van der Waals surface area contributed by atoms with Crippen molar-refractivity contribution >= 4 is 47.7 Å². The predicted octanol–water partition coefficient (Wildman–Crippen LogP) is 0.429. The fraction of sp³-hybridized carbons (Fsp3) is 0.333. The summed E-state index contributed by atoms with van der Waals surface area (Å²) in [7, 11) is 0. The van der Waals surface area contributed by atoms with E-state index in [1.54, 1.807) is 5.94 Å². The summed E-state index contributed by atoms with van der Waals surface area (Å²) in [6.07, 6.45) is 0. The average molecular weight is 400 g/mol. The summed E-state index contributed by atoms with van der Waals surface area (Å²) in [5, 5.41) is 10.3. The largest absolute Gasteiger partial charge is 0.459 e. The number of carbonyl (C=O) groups excluding carboxylic acids is 3. The van der Waals surface area contributed by atoms with Crippen LogP contribution in [0.3, 0.4) is 0 Å². The first-order valence-corrected chi connectivity index (χ1v) is 8.32. The molecule has 3 rings (SSSR count). The van der Waals surface area contributed by atoms with Crippen LogP contribution in [0, 0.1) is 10.1 Å². The van der Waals surface area contributed by atoms with Crippen LogP contribution < -0.4 is 5.73 Å². The van der Waals surface area contributed by atoms with Crippen molar-refractivity contribution in [2.24, 2.45) is 5.73 Å². The molecule has 1 aromatic carbocycles. The highest BCUT2D eigenvalue weighted by Gasteiger charge is 2.55. The number of hydrogen-bond acceptors (Lipinski definition) is 8. The number of rotatable bonds is 4. The van der Waals surface area contributed by atoms with Crippen LogP contribution in [0.2, 0.25) is 0 Å². The summed E-state index contributed by atoms with van der Waals surface area (Å²) in [5.41, 5.74) is 6.31. The Morgan fingerprint density at radius 3 is 2.65 bits per heavy atom. The number of amides is 1. The van der Waals surface area contributed by atoms with Crippen molar-refractivity contribution in [1.82, 2.24) is 4.90 Å². The molecule has 138 valence electrons. The molecule has 2 aliphatic heterocycles. The topological polar surface area (TPSA) is 133 Å². The molecule has 0 spiro atoms. The maximum atomic E-state index is 12.4. The first-order chi connectivity index (χ1) is 11.9. The molecule has 3 atom stereocenters. The van der Waals surface area contributed by atoms with Gasteiger partial charge in [0.2, 0.25) is 5.91 Å². The summed E-state index contributed by atoms with van der Waals surface area (Å²) >= 11 is 1.31. The Morgan fingerprint density at radius 2 is 2.08 bits per heavy atom. The number of halogens is 1. The third-order valence-electron chi connectivity index (χ3n) is 4.02. The summed E-state index contributed by atoms with van der Waals surface area (Å²) in [5.74, 6) is 0.799. The van der Waals surface area contributed by atoms with Gasteiger partial charge < -0.3 is 15.4 Å². The smallest absolute Gasteiger partial charge is 0.334 e. The van der Waals surface area contributed by atoms with Gasteiger partial charge in [-0.2, -0.15) is 0 Å². The monoisotopic (exact) mass is 399 g/mol. The maximum absolute atomic E-state index is 12.4. The predicted molar refractivity (Wildman–Crippen MR) is 94.2 cm³/mol. The number of thioether (sulfide) groups is 1. The first kappa shape index (κ1) is 19.9. The molecule has 0 aliphatic carbocycles. The van der Waals surface area contributed by atoms with E-state index >= 15 is 0 Å². The number of nitrogens with two attached hydrogens (primary N) is 1. The van der Waals surface area contributed by atoms with Crippen molar-refractivity contribution in [2.75, 3.05) is 5.75 Å². The quantitative estimate of drug-likeness (QED) is 0.253. The van der Waals surface area contributed by atoms with E-state index < -0.39 is 28.9 Å². The van der Waals surface area contributed by atoms with E-state index in [-0.39, 0.29) is 41.4 Å². The molecule has 0 aromatic heterocycles. The van der Waals surface area contributed by atoms with Gasteiger partial charge in [0.25, 0.3) is 5.69 Å². The molecule has 11 heteroatoms. The second-order valence-electron chi connectivity index (χ2n) is 5.53. The molecule has 9 nitrogen and oxygen atoms in total. The summed E-state index contributed by atoms with van der Waals surface area (Å²) in [4.78, 5) is 46.7. The van der Waals surface area contributed by atoms with E-state index in [0.29, 0.717) is 5.56 Å². The number of fused-ring (bicyclic) bond motifs is 1. The van der Waals surface area contributed by atoms with Crippen LogP contribution in [0.5, 0.6) is 0 Å². The number of ether oxygens (including phenoxy) is 1. The van der Waals surface area contributed by atoms with E-state index in [1.807, 2.05) is 0 Å². The lowest BCUT2D eigenvalue weighted by Gasteiger charge is -2.50. The van der Waals surface area contributed by atoms with Gasteiger partial charge >= 0.3 is 5.97 Å². The van der Waals surface area contributed by atoms with E-state index in [2.05, 4.69) is 0 Å². The lowest BCUT2D eigenvalue weighted by atomic mass is 9.99. The Balaban J connectivity index is 0.00000243. The number of carbonyl (C=O) groups is 2. The zero-order chi connectivity index (χ0) is 18.1. The number of nitro benzene ring substituents is 1. The molecule has 2 aliphatic rings. The fourth-order valence-corrected chi connectivity index (χ4v) is 3.96. The molecule has 2 N–H and O–H groups in total. The Morgan fingerprint density at radius 1 is 1.42 bits per heavy atom. The molecular weight excluding hydrogens is 386 g/mol. The highest BCUT2D eigenvalue weighted by molar-refractivity contribution is 8.00. The van der Waals surface area contributed by atoms with Crippen molar-refractivity contribution in [3.8, 4) is 0 Å². The number of nitrogens with zero attached hydrogens (tertiary/aromatic N) is 2. The van der Waals surface area contributed by atoms with E-state index in [4.69, 9.17) is 10.5 Å². The van der Waals surface area contributed by atoms with Crippen molar-refractivity contribution in [3.05, 3.63) is 45.5 Å². The minimum atomic E-state index is -1.12. The molecule has 26 heavy (non-hydrogen) atoms. The molecular formula is C15H14ClN3O6S. The molecule has 0 radical (unpaired) electrons. The SMILES string of the molecule is Cl.NC1C(=O)N2C(C(=O)OCc3ccc([N+](=O)[O-])cc3)C(=C=O)CS[C@@H]12. The molecule has 2 saturated heterocycles. The Hall–Kier alpha value is -2.39. The maximum Gasteiger partial charge on any atom is 0.334 e. The molecule has 2 fully saturated rings. The van der Waals surface area contributed by atoms with Crippen LogP contribution in [0.25, 0.3) is 0 Å². The molecule has 1 amide bonds. The lowest BCUT2D eigenvalue weighted by Crippen LogP contribution is -2.73. The molecule has 2 heterocycles. The van der Waals surface area contributed by atoms with Crippen LogP contribution in [-0.2, 0) is 25.7 Å². The van der Waals surface area contributed by atoms with Gasteiger partial charge in [0.15, 0.2) is 6.04 Å². The van der Waals surface area contributed by atoms with E-state index in [9.17, 15) is 24.5 Å². The number of β-lactam (4-membered cyclic amide) rings is 1. The van der Waals surface area contributed by atoms with Crippen LogP contribution in [0.15, 0.2) is 29.8 Å². The number of benzene rings is 1. The normalized spacial score (nSPS) is 23.9. The molecule has 1 aromatic rings. The number of nitro groups is 1. The second-order valence-corrected chi connectivity index (χ2v) is 6.64. The van der Waals surface area contributed by atoms with Crippen molar-refractivity contribution in [2.45, 2.75) is 24.1 Å². The standard InChI is InChI=1S/C15H13N3O6S.ClH/c16-11-13(20)17-12(9(5-19)7-25-14(11)17)15(21)24-6-8-1-3-10(4-2-8)18(22)23;/h1-4,11-12,14H,6-7,16H2;1H/t11?,12?,14-;/m0./s1. The molecule has 0 bridgehead atoms. The van der Waals surface area contributed by atoms with Gasteiger partial charge in [-0.05, 0) is 17.7 Å². The summed E-state index contributed by atoms with van der Waals surface area (Å²) in [6, 6.07) is 3.71. The van der Waals surface area contributed by atoms with Crippen LogP contribution in [0.1, 0.15) is 5.56 Å². The van der Waals surface area contributed by atoms with Gasteiger partial charge in [-0.3, -0.25) is 14.9 Å². The van der Waals surface area contributed by atoms with Crippen molar-refractivity contribution < 1.29 is 24.0 Å². The van der Waals surface area contributed by atoms with Gasteiger partial charge in [0, 0.05) is 17.9 Å². The highest BCUT2D eigenvalue weighted by Crippen LogP contribution is 2.39. The van der Waals surface area contributed by atoms with Crippen LogP contribution in [-0.4, -0.2) is 50.9 Å². The third-order valence-corrected chi connectivity index (χ3v) is 5.36. The number of esters is 1.